The molecule has 0 spiro atoms. The minimum atomic E-state index is -3.07. The first-order valence-electron chi connectivity index (χ1n) is 13.4. The molecule has 0 saturated carbocycles. The van der Waals surface area contributed by atoms with E-state index in [0.29, 0.717) is 17.3 Å². The van der Waals surface area contributed by atoms with Gasteiger partial charge in [-0.3, -0.25) is 9.80 Å². The highest BCUT2D eigenvalue weighted by Gasteiger charge is 2.24. The summed E-state index contributed by atoms with van der Waals surface area (Å²) in [5, 5.41) is 7.32. The predicted molar refractivity (Wildman–Crippen MR) is 151 cm³/mol. The number of rotatable bonds is 7. The van der Waals surface area contributed by atoms with Crippen molar-refractivity contribution < 1.29 is 17.2 Å². The summed E-state index contributed by atoms with van der Waals surface area (Å²) in [5.41, 5.74) is 2.82. The van der Waals surface area contributed by atoms with E-state index in [4.69, 9.17) is 0 Å². The minimum Gasteiger partial charge on any atom is -0.324 e. The highest BCUT2D eigenvalue weighted by Crippen LogP contribution is 2.25. The lowest BCUT2D eigenvalue weighted by molar-refractivity contribution is 0.233. The Hall–Kier alpha value is -3.45. The van der Waals surface area contributed by atoms with Crippen LogP contribution in [0.25, 0.3) is 16.7 Å². The highest BCUT2D eigenvalue weighted by atomic mass is 32.2. The van der Waals surface area contributed by atoms with Crippen LogP contribution >= 0.6 is 0 Å². The van der Waals surface area contributed by atoms with Crippen LogP contribution in [-0.2, 0) is 22.9 Å². The first kappa shape index (κ1) is 26.8. The van der Waals surface area contributed by atoms with Gasteiger partial charge >= 0.3 is 0 Å². The Bertz CT molecular complexity index is 1580. The van der Waals surface area contributed by atoms with Crippen LogP contribution in [0.3, 0.4) is 0 Å². The van der Waals surface area contributed by atoms with Gasteiger partial charge in [0.1, 0.15) is 17.3 Å². The lowest BCUT2D eigenvalue weighted by atomic mass is 10.1. The standard InChI is InChI=1S/C28H31F2N7O2S/c29-25-15-23(16-26(30)24(25)19-36-11-13-40(38,39)14-12-36)37-8-5-21-17-32-28(34-27(21)37)33-22-3-1-20(2-4-22)18-35-9-6-31-7-10-35/h1-5,8,15-17,31H,6-7,9-14,18-19H2,(H,32,33,34). The molecule has 0 unspecified atom stereocenters. The molecule has 2 aliphatic rings. The van der Waals surface area contributed by atoms with Gasteiger partial charge in [-0.25, -0.2) is 22.2 Å². The van der Waals surface area contributed by atoms with E-state index in [2.05, 4.69) is 37.6 Å². The summed E-state index contributed by atoms with van der Waals surface area (Å²) in [6.45, 7) is 5.54. The van der Waals surface area contributed by atoms with E-state index >= 15 is 8.78 Å². The smallest absolute Gasteiger partial charge is 0.229 e. The number of fused-ring (bicyclic) bond motifs is 1. The van der Waals surface area contributed by atoms with Crippen molar-refractivity contribution >= 4 is 32.5 Å². The summed E-state index contributed by atoms with van der Waals surface area (Å²) >= 11 is 0. The number of anilines is 2. The number of nitrogens with zero attached hydrogens (tertiary/aromatic N) is 5. The van der Waals surface area contributed by atoms with Crippen LogP contribution < -0.4 is 10.6 Å². The molecule has 2 aliphatic heterocycles. The van der Waals surface area contributed by atoms with Crippen LogP contribution in [0.15, 0.2) is 54.9 Å². The normalized spacial score (nSPS) is 18.2. The molecule has 4 heterocycles. The maximum Gasteiger partial charge on any atom is 0.229 e. The fraction of sp³-hybridized carbons (Fsp3) is 0.357. The van der Waals surface area contributed by atoms with E-state index in [-0.39, 0.29) is 36.7 Å². The van der Waals surface area contributed by atoms with Crippen molar-refractivity contribution in [3.05, 3.63) is 77.6 Å². The molecule has 0 aliphatic carbocycles. The Labute approximate surface area is 231 Å². The van der Waals surface area contributed by atoms with Crippen LogP contribution in [0.5, 0.6) is 0 Å². The molecule has 2 saturated heterocycles. The molecule has 2 aromatic carbocycles. The molecule has 0 radical (unpaired) electrons. The Morgan fingerprint density at radius 2 is 1.57 bits per heavy atom. The summed E-state index contributed by atoms with van der Waals surface area (Å²) in [7, 11) is -3.07. The zero-order valence-corrected chi connectivity index (χ0v) is 22.8. The van der Waals surface area contributed by atoms with Crippen molar-refractivity contribution in [3.8, 4) is 5.69 Å². The molecule has 6 rings (SSSR count). The van der Waals surface area contributed by atoms with Crippen molar-refractivity contribution in [3.63, 3.8) is 0 Å². The zero-order chi connectivity index (χ0) is 27.7. The molecule has 12 heteroatoms. The van der Waals surface area contributed by atoms with Crippen LogP contribution in [0, 0.1) is 11.6 Å². The Balaban J connectivity index is 1.18. The maximum atomic E-state index is 15.1. The van der Waals surface area contributed by atoms with Crippen molar-refractivity contribution in [2.24, 2.45) is 0 Å². The van der Waals surface area contributed by atoms with Crippen molar-refractivity contribution in [1.29, 1.82) is 0 Å². The maximum absolute atomic E-state index is 15.1. The number of halogens is 2. The molecule has 4 aromatic rings. The predicted octanol–water partition coefficient (Wildman–Crippen LogP) is 3.08. The second kappa shape index (κ2) is 11.2. The van der Waals surface area contributed by atoms with Crippen LogP contribution in [-0.4, -0.2) is 83.5 Å². The number of hydrogen-bond acceptors (Lipinski definition) is 8. The number of benzene rings is 2. The largest absolute Gasteiger partial charge is 0.324 e. The molecular formula is C28H31F2N7O2S. The van der Waals surface area contributed by atoms with E-state index in [9.17, 15) is 8.42 Å². The van der Waals surface area contributed by atoms with Crippen LogP contribution in [0.1, 0.15) is 11.1 Å². The van der Waals surface area contributed by atoms with Crippen molar-refractivity contribution in [2.45, 2.75) is 13.1 Å². The van der Waals surface area contributed by atoms with E-state index < -0.39 is 21.5 Å². The van der Waals surface area contributed by atoms with Gasteiger partial charge in [0.05, 0.1) is 17.2 Å². The second-order valence-corrected chi connectivity index (χ2v) is 12.6. The van der Waals surface area contributed by atoms with E-state index in [1.807, 2.05) is 12.1 Å². The third-order valence-corrected chi connectivity index (χ3v) is 9.09. The minimum absolute atomic E-state index is 0.000414. The first-order valence-corrected chi connectivity index (χ1v) is 15.2. The number of hydrogen-bond donors (Lipinski definition) is 2. The first-order chi connectivity index (χ1) is 19.3. The van der Waals surface area contributed by atoms with Crippen molar-refractivity contribution in [1.82, 2.24) is 29.7 Å². The number of aromatic nitrogens is 3. The topological polar surface area (TPSA) is 95.4 Å². The number of piperazine rings is 1. The second-order valence-electron chi connectivity index (χ2n) is 10.3. The average molecular weight is 568 g/mol. The molecule has 2 N–H and O–H groups in total. The van der Waals surface area contributed by atoms with Gasteiger partial charge in [0.25, 0.3) is 0 Å². The van der Waals surface area contributed by atoms with E-state index in [0.717, 1.165) is 43.8 Å². The monoisotopic (exact) mass is 567 g/mol. The van der Waals surface area contributed by atoms with Crippen molar-refractivity contribution in [2.75, 3.05) is 56.1 Å². The van der Waals surface area contributed by atoms with E-state index in [1.165, 1.54) is 17.7 Å². The summed E-state index contributed by atoms with van der Waals surface area (Å²) in [4.78, 5) is 13.2. The quantitative estimate of drug-likeness (QED) is 0.352. The summed E-state index contributed by atoms with van der Waals surface area (Å²) < 4.78 is 55.2. The number of sulfone groups is 1. The Morgan fingerprint density at radius 3 is 2.27 bits per heavy atom. The molecule has 9 nitrogen and oxygen atoms in total. The Kier molecular flexibility index (Phi) is 7.49. The molecule has 210 valence electrons. The van der Waals surface area contributed by atoms with Gasteiger partial charge in [0.15, 0.2) is 9.84 Å². The molecule has 0 atom stereocenters. The lowest BCUT2D eigenvalue weighted by Crippen LogP contribution is -2.42. The lowest BCUT2D eigenvalue weighted by Gasteiger charge is -2.27. The van der Waals surface area contributed by atoms with Gasteiger partial charge in [-0.05, 0) is 35.9 Å². The zero-order valence-electron chi connectivity index (χ0n) is 22.0. The van der Waals surface area contributed by atoms with Gasteiger partial charge in [-0.15, -0.1) is 0 Å². The van der Waals surface area contributed by atoms with Gasteiger partial charge < -0.3 is 15.2 Å². The molecule has 2 aromatic heterocycles. The van der Waals surface area contributed by atoms with Gasteiger partial charge in [-0.2, -0.15) is 4.98 Å². The Morgan fingerprint density at radius 1 is 0.900 bits per heavy atom. The van der Waals surface area contributed by atoms with Crippen LogP contribution in [0.2, 0.25) is 0 Å². The van der Waals surface area contributed by atoms with Gasteiger partial charge in [0, 0.05) is 81.4 Å². The molecule has 40 heavy (non-hydrogen) atoms. The summed E-state index contributed by atoms with van der Waals surface area (Å²) in [6, 6.07) is 12.5. The molecule has 0 amide bonds. The van der Waals surface area contributed by atoms with Gasteiger partial charge in [0.2, 0.25) is 5.95 Å². The molecular weight excluding hydrogens is 536 g/mol. The van der Waals surface area contributed by atoms with Crippen LogP contribution in [0.4, 0.5) is 20.4 Å². The number of nitrogens with one attached hydrogen (secondary N) is 2. The fourth-order valence-corrected chi connectivity index (χ4v) is 6.43. The molecule has 2 fully saturated rings. The molecule has 0 bridgehead atoms. The van der Waals surface area contributed by atoms with Gasteiger partial charge in [-0.1, -0.05) is 12.1 Å². The fourth-order valence-electron chi connectivity index (χ4n) is 5.15. The SMILES string of the molecule is O=S1(=O)CCN(Cc2c(F)cc(-n3ccc4cnc(Nc5ccc(CN6CCNCC6)cc5)nc43)cc2F)CC1. The van der Waals surface area contributed by atoms with E-state index in [1.54, 1.807) is 27.9 Å². The third kappa shape index (κ3) is 5.99. The third-order valence-electron chi connectivity index (χ3n) is 7.48. The average Bonchev–Trinajstić information content (AvgIpc) is 3.36. The summed E-state index contributed by atoms with van der Waals surface area (Å²) in [5.74, 6) is -0.988. The highest BCUT2D eigenvalue weighted by molar-refractivity contribution is 7.91. The summed E-state index contributed by atoms with van der Waals surface area (Å²) in [6.07, 6.45) is 3.38.